The molecule has 1 aliphatic heterocycles. The summed E-state index contributed by atoms with van der Waals surface area (Å²) in [6.45, 7) is 1.88. The summed E-state index contributed by atoms with van der Waals surface area (Å²) in [5.41, 5.74) is 1.07. The van der Waals surface area contributed by atoms with Crippen molar-refractivity contribution in [1.29, 1.82) is 0 Å². The summed E-state index contributed by atoms with van der Waals surface area (Å²) >= 11 is 0. The van der Waals surface area contributed by atoms with Crippen LogP contribution in [0.15, 0.2) is 41.0 Å². The molecular formula is C16H16N2O4. The molecule has 2 N–H and O–H groups in total. The molecule has 6 heteroatoms. The highest BCUT2D eigenvalue weighted by atomic mass is 16.5. The molecule has 1 atom stereocenters. The van der Waals surface area contributed by atoms with Gasteiger partial charge in [0.1, 0.15) is 11.5 Å². The van der Waals surface area contributed by atoms with Crippen LogP contribution in [-0.4, -0.2) is 24.5 Å². The Morgan fingerprint density at radius 2 is 2.27 bits per heavy atom. The Hall–Kier alpha value is -2.76. The van der Waals surface area contributed by atoms with Crippen LogP contribution < -0.4 is 15.4 Å². The van der Waals surface area contributed by atoms with Gasteiger partial charge < -0.3 is 19.8 Å². The van der Waals surface area contributed by atoms with Crippen molar-refractivity contribution in [2.45, 2.75) is 19.4 Å². The number of fused-ring (bicyclic) bond motifs is 1. The predicted molar refractivity (Wildman–Crippen MR) is 79.9 cm³/mol. The van der Waals surface area contributed by atoms with Gasteiger partial charge in [-0.3, -0.25) is 9.59 Å². The lowest BCUT2D eigenvalue weighted by Crippen LogP contribution is -2.34. The van der Waals surface area contributed by atoms with Gasteiger partial charge in [0, 0.05) is 18.0 Å². The number of carbonyl (C=O) groups is 2. The molecule has 0 aliphatic carbocycles. The molecule has 1 aromatic heterocycles. The average Bonchev–Trinajstić information content (AvgIpc) is 2.99. The summed E-state index contributed by atoms with van der Waals surface area (Å²) in [6.07, 6.45) is 2.23. The smallest absolute Gasteiger partial charge is 0.262 e. The zero-order chi connectivity index (χ0) is 15.5. The second kappa shape index (κ2) is 5.93. The zero-order valence-corrected chi connectivity index (χ0v) is 12.1. The van der Waals surface area contributed by atoms with Gasteiger partial charge >= 0.3 is 0 Å². The molecule has 2 amide bonds. The van der Waals surface area contributed by atoms with Crippen LogP contribution in [0.1, 0.15) is 23.0 Å². The number of rotatable bonds is 4. The molecule has 0 radical (unpaired) electrons. The molecule has 0 unspecified atom stereocenters. The molecule has 114 valence electrons. The Labute approximate surface area is 127 Å². The minimum atomic E-state index is -0.197. The van der Waals surface area contributed by atoms with Gasteiger partial charge in [-0.15, -0.1) is 0 Å². The summed E-state index contributed by atoms with van der Waals surface area (Å²) < 4.78 is 10.6. The largest absolute Gasteiger partial charge is 0.482 e. The van der Waals surface area contributed by atoms with Gasteiger partial charge in [-0.1, -0.05) is 0 Å². The average molecular weight is 300 g/mol. The summed E-state index contributed by atoms with van der Waals surface area (Å²) in [5, 5.41) is 5.60. The number of hydrogen-bond acceptors (Lipinski definition) is 4. The first kappa shape index (κ1) is 14.2. The van der Waals surface area contributed by atoms with Crippen LogP contribution in [0.25, 0.3) is 0 Å². The summed E-state index contributed by atoms with van der Waals surface area (Å²) in [7, 11) is 0. The molecule has 3 rings (SSSR count). The molecule has 0 saturated carbocycles. The number of anilines is 1. The fourth-order valence-electron chi connectivity index (χ4n) is 2.30. The van der Waals surface area contributed by atoms with E-state index in [-0.39, 0.29) is 24.5 Å². The van der Waals surface area contributed by atoms with Crippen molar-refractivity contribution in [2.75, 3.05) is 11.9 Å². The maximum atomic E-state index is 12.2. The van der Waals surface area contributed by atoms with Gasteiger partial charge in [0.25, 0.3) is 11.8 Å². The molecule has 1 aliphatic rings. The molecule has 0 spiro atoms. The van der Waals surface area contributed by atoms with Crippen LogP contribution in [0.4, 0.5) is 5.69 Å². The van der Waals surface area contributed by atoms with Crippen LogP contribution in [0.5, 0.6) is 5.75 Å². The SMILES string of the molecule is C[C@@H](Cc1ccco1)NC(=O)c1ccc2c(c1)OCC(=O)N2. The Morgan fingerprint density at radius 1 is 1.41 bits per heavy atom. The van der Waals surface area contributed by atoms with E-state index in [1.54, 1.807) is 24.5 Å². The highest BCUT2D eigenvalue weighted by molar-refractivity contribution is 5.99. The number of hydrogen-bond donors (Lipinski definition) is 2. The van der Waals surface area contributed by atoms with Crippen LogP contribution in [0.3, 0.4) is 0 Å². The third-order valence-corrected chi connectivity index (χ3v) is 3.34. The first-order chi connectivity index (χ1) is 10.6. The molecule has 0 fully saturated rings. The zero-order valence-electron chi connectivity index (χ0n) is 12.1. The van der Waals surface area contributed by atoms with Gasteiger partial charge in [0.2, 0.25) is 0 Å². The molecular weight excluding hydrogens is 284 g/mol. The lowest BCUT2D eigenvalue weighted by atomic mass is 10.1. The number of carbonyl (C=O) groups excluding carboxylic acids is 2. The van der Waals surface area contributed by atoms with Crippen molar-refractivity contribution in [2.24, 2.45) is 0 Å². The highest BCUT2D eigenvalue weighted by Crippen LogP contribution is 2.28. The topological polar surface area (TPSA) is 80.6 Å². The van der Waals surface area contributed by atoms with Gasteiger partial charge in [0.05, 0.1) is 12.0 Å². The standard InChI is InChI=1S/C16H16N2O4/c1-10(7-12-3-2-6-21-12)17-16(20)11-4-5-13-14(8-11)22-9-15(19)18-13/h2-6,8,10H,7,9H2,1H3,(H,17,20)(H,18,19)/t10-/m0/s1. The predicted octanol–water partition coefficient (Wildman–Crippen LogP) is 1.97. The van der Waals surface area contributed by atoms with Crippen LogP contribution in [-0.2, 0) is 11.2 Å². The Morgan fingerprint density at radius 3 is 3.05 bits per heavy atom. The van der Waals surface area contributed by atoms with Crippen LogP contribution in [0.2, 0.25) is 0 Å². The molecule has 0 saturated heterocycles. The van der Waals surface area contributed by atoms with Crippen molar-refractivity contribution in [3.05, 3.63) is 47.9 Å². The van der Waals surface area contributed by atoms with E-state index in [0.29, 0.717) is 23.4 Å². The minimum Gasteiger partial charge on any atom is -0.482 e. The summed E-state index contributed by atoms with van der Waals surface area (Å²) in [5.74, 6) is 0.939. The third kappa shape index (κ3) is 3.11. The first-order valence-electron chi connectivity index (χ1n) is 7.02. The molecule has 2 heterocycles. The fraction of sp³-hybridized carbons (Fsp3) is 0.250. The first-order valence-corrected chi connectivity index (χ1v) is 7.02. The van der Waals surface area contributed by atoms with Crippen LogP contribution in [0, 0.1) is 0 Å². The van der Waals surface area contributed by atoms with Crippen molar-refractivity contribution in [3.8, 4) is 5.75 Å². The van der Waals surface area contributed by atoms with Gasteiger partial charge in [-0.05, 0) is 37.3 Å². The monoisotopic (exact) mass is 300 g/mol. The third-order valence-electron chi connectivity index (χ3n) is 3.34. The van der Waals surface area contributed by atoms with Gasteiger partial charge in [0.15, 0.2) is 6.61 Å². The van der Waals surface area contributed by atoms with Crippen molar-refractivity contribution < 1.29 is 18.7 Å². The van der Waals surface area contributed by atoms with Crippen molar-refractivity contribution in [1.82, 2.24) is 5.32 Å². The van der Waals surface area contributed by atoms with Crippen molar-refractivity contribution in [3.63, 3.8) is 0 Å². The molecule has 2 aromatic rings. The van der Waals surface area contributed by atoms with E-state index in [9.17, 15) is 9.59 Å². The number of furan rings is 1. The van der Waals surface area contributed by atoms with Crippen LogP contribution >= 0.6 is 0 Å². The fourth-order valence-corrected chi connectivity index (χ4v) is 2.30. The Bertz CT molecular complexity index is 694. The second-order valence-electron chi connectivity index (χ2n) is 5.21. The van der Waals surface area contributed by atoms with Gasteiger partial charge in [-0.25, -0.2) is 0 Å². The second-order valence-corrected chi connectivity index (χ2v) is 5.21. The number of benzene rings is 1. The lowest BCUT2D eigenvalue weighted by Gasteiger charge is -2.19. The summed E-state index contributed by atoms with van der Waals surface area (Å²) in [6, 6.07) is 8.58. The van der Waals surface area contributed by atoms with E-state index in [2.05, 4.69) is 10.6 Å². The summed E-state index contributed by atoms with van der Waals surface area (Å²) in [4.78, 5) is 23.5. The molecule has 22 heavy (non-hydrogen) atoms. The van der Waals surface area contributed by atoms with Crippen molar-refractivity contribution >= 4 is 17.5 Å². The maximum Gasteiger partial charge on any atom is 0.262 e. The number of amides is 2. The Kier molecular flexibility index (Phi) is 3.82. The minimum absolute atomic E-state index is 0.0348. The van der Waals surface area contributed by atoms with E-state index in [1.165, 1.54) is 0 Å². The molecule has 0 bridgehead atoms. The van der Waals surface area contributed by atoms with E-state index < -0.39 is 0 Å². The molecule has 1 aromatic carbocycles. The Balaban J connectivity index is 1.66. The normalized spacial score (nSPS) is 14.5. The number of nitrogens with one attached hydrogen (secondary N) is 2. The maximum absolute atomic E-state index is 12.2. The van der Waals surface area contributed by atoms with E-state index in [0.717, 1.165) is 5.76 Å². The number of ether oxygens (including phenoxy) is 1. The van der Waals surface area contributed by atoms with E-state index >= 15 is 0 Å². The molecule has 6 nitrogen and oxygen atoms in total. The highest BCUT2D eigenvalue weighted by Gasteiger charge is 2.18. The lowest BCUT2D eigenvalue weighted by molar-refractivity contribution is -0.118. The quantitative estimate of drug-likeness (QED) is 0.904. The van der Waals surface area contributed by atoms with Gasteiger partial charge in [-0.2, -0.15) is 0 Å². The van der Waals surface area contributed by atoms with E-state index in [4.69, 9.17) is 9.15 Å². The van der Waals surface area contributed by atoms with E-state index in [1.807, 2.05) is 19.1 Å².